The van der Waals surface area contributed by atoms with E-state index >= 15 is 0 Å². The lowest BCUT2D eigenvalue weighted by molar-refractivity contribution is -0.120. The first-order valence-corrected chi connectivity index (χ1v) is 12.2. The molecule has 2 aromatic carbocycles. The van der Waals surface area contributed by atoms with Crippen molar-refractivity contribution >= 4 is 34.6 Å². The molecule has 0 spiro atoms. The Morgan fingerprint density at radius 3 is 2.44 bits per heavy atom. The monoisotopic (exact) mass is 491 g/mol. The second kappa shape index (κ2) is 10.0. The van der Waals surface area contributed by atoms with Crippen LogP contribution < -0.4 is 5.32 Å². The maximum absolute atomic E-state index is 13.6. The number of amides is 2. The van der Waals surface area contributed by atoms with Crippen LogP contribution in [0.5, 0.6) is 0 Å². The molecule has 1 aromatic heterocycles. The summed E-state index contributed by atoms with van der Waals surface area (Å²) in [7, 11) is 1.80. The van der Waals surface area contributed by atoms with Crippen LogP contribution in [0.25, 0.3) is 10.9 Å². The molecular formula is C28H33N3O5. The Hall–Kier alpha value is -3.81. The van der Waals surface area contributed by atoms with Crippen LogP contribution >= 0.6 is 0 Å². The Balaban J connectivity index is 1.62. The summed E-state index contributed by atoms with van der Waals surface area (Å²) >= 11 is 0. The van der Waals surface area contributed by atoms with Crippen molar-refractivity contribution in [3.05, 3.63) is 65.9 Å². The van der Waals surface area contributed by atoms with Gasteiger partial charge in [-0.1, -0.05) is 30.3 Å². The molecule has 0 radical (unpaired) electrons. The van der Waals surface area contributed by atoms with Gasteiger partial charge in [0.2, 0.25) is 5.91 Å². The SMILES string of the molecule is CCOC(=O)c1cc2cc(NC(=O)[C@@H]3[C@H](c4ccccc4)CCN3C(=O)OC(C)(C)C)ccc2n1C. The predicted molar refractivity (Wildman–Crippen MR) is 138 cm³/mol. The number of rotatable bonds is 5. The van der Waals surface area contributed by atoms with E-state index in [4.69, 9.17) is 9.47 Å². The fourth-order valence-corrected chi connectivity index (χ4v) is 4.74. The topological polar surface area (TPSA) is 89.9 Å². The third-order valence-electron chi connectivity index (χ3n) is 6.32. The van der Waals surface area contributed by atoms with E-state index in [2.05, 4.69) is 5.32 Å². The van der Waals surface area contributed by atoms with E-state index in [1.807, 2.05) is 63.2 Å². The summed E-state index contributed by atoms with van der Waals surface area (Å²) in [5.41, 5.74) is 2.19. The summed E-state index contributed by atoms with van der Waals surface area (Å²) < 4.78 is 12.5. The second-order valence-electron chi connectivity index (χ2n) is 10.00. The van der Waals surface area contributed by atoms with Crippen molar-refractivity contribution in [3.8, 4) is 0 Å². The molecule has 190 valence electrons. The summed E-state index contributed by atoms with van der Waals surface area (Å²) in [6.45, 7) is 7.91. The molecule has 3 aromatic rings. The molecule has 36 heavy (non-hydrogen) atoms. The molecule has 2 heterocycles. The van der Waals surface area contributed by atoms with Crippen LogP contribution in [0.3, 0.4) is 0 Å². The van der Waals surface area contributed by atoms with Crippen molar-refractivity contribution in [3.63, 3.8) is 0 Å². The smallest absolute Gasteiger partial charge is 0.410 e. The minimum absolute atomic E-state index is 0.158. The highest BCUT2D eigenvalue weighted by Gasteiger charge is 2.44. The zero-order chi connectivity index (χ0) is 26.0. The van der Waals surface area contributed by atoms with Crippen LogP contribution in [-0.4, -0.2) is 52.2 Å². The molecule has 0 bridgehead atoms. The lowest BCUT2D eigenvalue weighted by atomic mass is 9.91. The molecule has 1 aliphatic rings. The number of aryl methyl sites for hydroxylation is 1. The van der Waals surface area contributed by atoms with E-state index in [0.29, 0.717) is 31.0 Å². The average molecular weight is 492 g/mol. The van der Waals surface area contributed by atoms with Crippen molar-refractivity contribution in [2.24, 2.45) is 7.05 Å². The van der Waals surface area contributed by atoms with Gasteiger partial charge in [-0.3, -0.25) is 9.69 Å². The van der Waals surface area contributed by atoms with Crippen LogP contribution in [-0.2, 0) is 21.3 Å². The number of hydrogen-bond donors (Lipinski definition) is 1. The van der Waals surface area contributed by atoms with E-state index in [1.165, 1.54) is 4.90 Å². The number of carbonyl (C=O) groups is 3. The lowest BCUT2D eigenvalue weighted by Gasteiger charge is -2.30. The highest BCUT2D eigenvalue weighted by atomic mass is 16.6. The highest BCUT2D eigenvalue weighted by Crippen LogP contribution is 2.35. The van der Waals surface area contributed by atoms with Crippen molar-refractivity contribution in [2.75, 3.05) is 18.5 Å². The summed E-state index contributed by atoms with van der Waals surface area (Å²) in [5, 5.41) is 3.79. The molecular weight excluding hydrogens is 458 g/mol. The summed E-state index contributed by atoms with van der Waals surface area (Å²) in [6, 6.07) is 16.3. The fraction of sp³-hybridized carbons (Fsp3) is 0.393. The van der Waals surface area contributed by atoms with Gasteiger partial charge in [0.15, 0.2) is 0 Å². The van der Waals surface area contributed by atoms with Gasteiger partial charge in [0.25, 0.3) is 0 Å². The van der Waals surface area contributed by atoms with Crippen molar-refractivity contribution < 1.29 is 23.9 Å². The highest BCUT2D eigenvalue weighted by molar-refractivity contribution is 6.01. The van der Waals surface area contributed by atoms with E-state index < -0.39 is 23.7 Å². The molecule has 2 atom stereocenters. The number of fused-ring (bicyclic) bond motifs is 1. The molecule has 1 saturated heterocycles. The van der Waals surface area contributed by atoms with Gasteiger partial charge < -0.3 is 19.4 Å². The largest absolute Gasteiger partial charge is 0.461 e. The van der Waals surface area contributed by atoms with Crippen LogP contribution in [0, 0.1) is 0 Å². The number of anilines is 1. The Morgan fingerprint density at radius 1 is 1.06 bits per heavy atom. The first-order chi connectivity index (χ1) is 17.1. The molecule has 1 aliphatic heterocycles. The molecule has 2 amide bonds. The third kappa shape index (κ3) is 5.22. The maximum atomic E-state index is 13.6. The predicted octanol–water partition coefficient (Wildman–Crippen LogP) is 5.09. The van der Waals surface area contributed by atoms with Gasteiger partial charge in [-0.15, -0.1) is 0 Å². The zero-order valence-electron chi connectivity index (χ0n) is 21.4. The van der Waals surface area contributed by atoms with Gasteiger partial charge in [-0.05, 0) is 63.9 Å². The molecule has 0 aliphatic carbocycles. The quantitative estimate of drug-likeness (QED) is 0.503. The number of aromatic nitrogens is 1. The molecule has 4 rings (SSSR count). The number of nitrogens with one attached hydrogen (secondary N) is 1. The first-order valence-electron chi connectivity index (χ1n) is 12.2. The van der Waals surface area contributed by atoms with Crippen LogP contribution in [0.2, 0.25) is 0 Å². The number of nitrogens with zero attached hydrogens (tertiary/aromatic N) is 2. The summed E-state index contributed by atoms with van der Waals surface area (Å²) in [5.74, 6) is -0.839. The van der Waals surface area contributed by atoms with Gasteiger partial charge in [-0.25, -0.2) is 9.59 Å². The first kappa shape index (κ1) is 25.3. The number of esters is 1. The number of carbonyl (C=O) groups excluding carboxylic acids is 3. The van der Waals surface area contributed by atoms with Gasteiger partial charge in [0.1, 0.15) is 17.3 Å². The molecule has 8 heteroatoms. The summed E-state index contributed by atoms with van der Waals surface area (Å²) in [6.07, 6.45) is 0.153. The normalized spacial score (nSPS) is 17.8. The van der Waals surface area contributed by atoms with Crippen molar-refractivity contribution in [2.45, 2.75) is 51.7 Å². The standard InChI is InChI=1S/C28H33N3O5/c1-6-35-26(33)23-17-19-16-20(12-13-22(19)30(23)5)29-25(32)24-21(18-10-8-7-9-11-18)14-15-31(24)27(34)36-28(2,3)4/h7-13,16-17,21,24H,6,14-15H2,1-5H3,(H,29,32)/t21-,24-/m0/s1. The minimum Gasteiger partial charge on any atom is -0.461 e. The van der Waals surface area contributed by atoms with E-state index in [1.54, 1.807) is 30.7 Å². The molecule has 1 N–H and O–H groups in total. The fourth-order valence-electron chi connectivity index (χ4n) is 4.74. The Kier molecular flexibility index (Phi) is 7.06. The number of ether oxygens (including phenoxy) is 2. The molecule has 8 nitrogen and oxygen atoms in total. The third-order valence-corrected chi connectivity index (χ3v) is 6.32. The summed E-state index contributed by atoms with van der Waals surface area (Å²) in [4.78, 5) is 40.5. The van der Waals surface area contributed by atoms with E-state index in [9.17, 15) is 14.4 Å². The maximum Gasteiger partial charge on any atom is 0.410 e. The van der Waals surface area contributed by atoms with Crippen molar-refractivity contribution in [1.29, 1.82) is 0 Å². The average Bonchev–Trinajstić information content (AvgIpc) is 3.41. The number of hydrogen-bond acceptors (Lipinski definition) is 5. The molecule has 1 fully saturated rings. The minimum atomic E-state index is -0.719. The number of benzene rings is 2. The van der Waals surface area contributed by atoms with Gasteiger partial charge in [0.05, 0.1) is 6.61 Å². The van der Waals surface area contributed by atoms with Crippen molar-refractivity contribution in [1.82, 2.24) is 9.47 Å². The van der Waals surface area contributed by atoms with E-state index in [0.717, 1.165) is 16.5 Å². The molecule has 0 unspecified atom stereocenters. The Labute approximate surface area is 211 Å². The van der Waals surface area contributed by atoms with Crippen LogP contribution in [0.4, 0.5) is 10.5 Å². The van der Waals surface area contributed by atoms with Gasteiger partial charge in [-0.2, -0.15) is 0 Å². The van der Waals surface area contributed by atoms with Crippen LogP contribution in [0.15, 0.2) is 54.6 Å². The Bertz CT molecular complexity index is 1280. The van der Waals surface area contributed by atoms with Crippen LogP contribution in [0.1, 0.15) is 56.1 Å². The van der Waals surface area contributed by atoms with E-state index in [-0.39, 0.29) is 11.8 Å². The second-order valence-corrected chi connectivity index (χ2v) is 10.00. The van der Waals surface area contributed by atoms with Gasteiger partial charge >= 0.3 is 12.1 Å². The van der Waals surface area contributed by atoms with Gasteiger partial charge in [0, 0.05) is 36.1 Å². The lowest BCUT2D eigenvalue weighted by Crippen LogP contribution is -2.47. The zero-order valence-corrected chi connectivity index (χ0v) is 21.4. The number of likely N-dealkylation sites (tertiary alicyclic amines) is 1. The Morgan fingerprint density at radius 2 is 1.78 bits per heavy atom. The molecule has 0 saturated carbocycles.